The molecule has 0 bridgehead atoms. The monoisotopic (exact) mass is 274 g/mol. The third-order valence-corrected chi connectivity index (χ3v) is 3.39. The number of hydrogen-bond acceptors (Lipinski definition) is 2. The van der Waals surface area contributed by atoms with Crippen LogP contribution in [0.25, 0.3) is 0 Å². The van der Waals surface area contributed by atoms with Gasteiger partial charge in [0.25, 0.3) is 0 Å². The lowest BCUT2D eigenvalue weighted by molar-refractivity contribution is 1.09. The molecule has 0 aromatic heterocycles. The Balaban J connectivity index is 2.14. The zero-order chi connectivity index (χ0) is 13.8. The van der Waals surface area contributed by atoms with Crippen LogP contribution in [0.3, 0.4) is 0 Å². The molecule has 100 valence electrons. The van der Waals surface area contributed by atoms with Crippen molar-refractivity contribution in [2.45, 2.75) is 13.5 Å². The molecule has 0 saturated heterocycles. The van der Waals surface area contributed by atoms with Crippen LogP contribution >= 0.6 is 11.6 Å². The molecular weight excluding hydrogens is 256 g/mol. The van der Waals surface area contributed by atoms with Crippen molar-refractivity contribution in [3.63, 3.8) is 0 Å². The highest BCUT2D eigenvalue weighted by Crippen LogP contribution is 2.24. The minimum Gasteiger partial charge on any atom is -0.379 e. The fourth-order valence-electron chi connectivity index (χ4n) is 2.06. The smallest absolute Gasteiger partial charge is 0.0596 e. The normalized spacial score (nSPS) is 10.3. The van der Waals surface area contributed by atoms with Gasteiger partial charge in [-0.2, -0.15) is 0 Å². The summed E-state index contributed by atoms with van der Waals surface area (Å²) in [6, 6.07) is 14.3. The van der Waals surface area contributed by atoms with Crippen molar-refractivity contribution in [2.75, 3.05) is 24.3 Å². The lowest BCUT2D eigenvalue weighted by atomic mass is 10.1. The predicted octanol–water partition coefficient (Wildman–Crippen LogP) is 4.33. The van der Waals surface area contributed by atoms with Gasteiger partial charge in [-0.15, -0.1) is 0 Å². The van der Waals surface area contributed by atoms with Gasteiger partial charge in [0, 0.05) is 25.7 Å². The van der Waals surface area contributed by atoms with Gasteiger partial charge in [0.2, 0.25) is 0 Å². The van der Waals surface area contributed by atoms with E-state index in [4.69, 9.17) is 11.6 Å². The number of nitrogens with zero attached hydrogens (tertiary/aromatic N) is 1. The highest BCUT2D eigenvalue weighted by Gasteiger charge is 2.04. The summed E-state index contributed by atoms with van der Waals surface area (Å²) < 4.78 is 0. The van der Waals surface area contributed by atoms with Gasteiger partial charge in [-0.25, -0.2) is 0 Å². The molecule has 0 aliphatic rings. The molecule has 0 spiro atoms. The fraction of sp³-hybridized carbons (Fsp3) is 0.250. The van der Waals surface area contributed by atoms with E-state index in [9.17, 15) is 0 Å². The number of para-hydroxylation sites is 2. The van der Waals surface area contributed by atoms with Crippen molar-refractivity contribution in [1.29, 1.82) is 0 Å². The van der Waals surface area contributed by atoms with Crippen LogP contribution in [0.4, 0.5) is 11.4 Å². The molecule has 0 fully saturated rings. The molecule has 1 N–H and O–H groups in total. The second-order valence-electron chi connectivity index (χ2n) is 4.84. The number of halogens is 1. The van der Waals surface area contributed by atoms with E-state index in [-0.39, 0.29) is 0 Å². The molecule has 2 aromatic carbocycles. The highest BCUT2D eigenvalue weighted by molar-refractivity contribution is 6.30. The molecule has 2 rings (SSSR count). The highest BCUT2D eigenvalue weighted by atomic mass is 35.5. The maximum atomic E-state index is 5.97. The first-order valence-corrected chi connectivity index (χ1v) is 6.71. The van der Waals surface area contributed by atoms with E-state index in [2.05, 4.69) is 35.3 Å². The van der Waals surface area contributed by atoms with Crippen LogP contribution in [0.5, 0.6) is 0 Å². The summed E-state index contributed by atoms with van der Waals surface area (Å²) in [5.74, 6) is 0. The average molecular weight is 275 g/mol. The summed E-state index contributed by atoms with van der Waals surface area (Å²) in [5, 5.41) is 4.27. The molecule has 0 heterocycles. The molecule has 0 aliphatic heterocycles. The van der Waals surface area contributed by atoms with Crippen molar-refractivity contribution in [3.8, 4) is 0 Å². The standard InChI is InChI=1S/C16H19ClN2/c1-12-10-14(17)9-8-13(12)11-18-15-6-4-5-7-16(15)19(2)3/h4-10,18H,11H2,1-3H3. The molecule has 0 atom stereocenters. The topological polar surface area (TPSA) is 15.3 Å². The molecular formula is C16H19ClN2. The van der Waals surface area contributed by atoms with E-state index in [1.54, 1.807) is 0 Å². The molecule has 2 nitrogen and oxygen atoms in total. The molecule has 19 heavy (non-hydrogen) atoms. The van der Waals surface area contributed by atoms with E-state index in [1.165, 1.54) is 16.8 Å². The van der Waals surface area contributed by atoms with E-state index in [0.717, 1.165) is 17.3 Å². The molecule has 2 aromatic rings. The summed E-state index contributed by atoms with van der Waals surface area (Å²) in [4.78, 5) is 2.11. The second kappa shape index (κ2) is 5.98. The Morgan fingerprint density at radius 3 is 2.53 bits per heavy atom. The lowest BCUT2D eigenvalue weighted by Gasteiger charge is -2.18. The summed E-state index contributed by atoms with van der Waals surface area (Å²) in [6.45, 7) is 2.88. The third kappa shape index (κ3) is 3.42. The van der Waals surface area contributed by atoms with E-state index in [1.807, 2.05) is 38.4 Å². The first-order valence-electron chi connectivity index (χ1n) is 6.33. The summed E-state index contributed by atoms with van der Waals surface area (Å²) >= 11 is 5.97. The van der Waals surface area contributed by atoms with Crippen molar-refractivity contribution in [2.24, 2.45) is 0 Å². The number of benzene rings is 2. The van der Waals surface area contributed by atoms with Crippen LogP contribution in [0.1, 0.15) is 11.1 Å². The van der Waals surface area contributed by atoms with Gasteiger partial charge in [-0.1, -0.05) is 29.8 Å². The molecule has 0 amide bonds. The minimum absolute atomic E-state index is 0.787. The first-order chi connectivity index (χ1) is 9.08. The predicted molar refractivity (Wildman–Crippen MR) is 84.3 cm³/mol. The van der Waals surface area contributed by atoms with Crippen molar-refractivity contribution >= 4 is 23.0 Å². The van der Waals surface area contributed by atoms with Crippen LogP contribution in [0.15, 0.2) is 42.5 Å². The van der Waals surface area contributed by atoms with Gasteiger partial charge in [-0.05, 0) is 42.3 Å². The molecule has 0 radical (unpaired) electrons. The zero-order valence-corrected chi connectivity index (χ0v) is 12.3. The van der Waals surface area contributed by atoms with Gasteiger partial charge in [0.1, 0.15) is 0 Å². The number of aryl methyl sites for hydroxylation is 1. The molecule has 0 aliphatic carbocycles. The van der Waals surface area contributed by atoms with E-state index >= 15 is 0 Å². The first kappa shape index (κ1) is 13.8. The van der Waals surface area contributed by atoms with Crippen LogP contribution in [0, 0.1) is 6.92 Å². The Labute approximate surface area is 120 Å². The number of nitrogens with one attached hydrogen (secondary N) is 1. The van der Waals surface area contributed by atoms with Crippen molar-refractivity contribution < 1.29 is 0 Å². The lowest BCUT2D eigenvalue weighted by Crippen LogP contribution is -2.12. The van der Waals surface area contributed by atoms with Gasteiger partial charge in [-0.3, -0.25) is 0 Å². The number of rotatable bonds is 4. The maximum absolute atomic E-state index is 5.97. The average Bonchev–Trinajstić information content (AvgIpc) is 2.38. The SMILES string of the molecule is Cc1cc(Cl)ccc1CNc1ccccc1N(C)C. The molecule has 0 saturated carbocycles. The second-order valence-corrected chi connectivity index (χ2v) is 5.27. The largest absolute Gasteiger partial charge is 0.379 e. The molecule has 3 heteroatoms. The summed E-state index contributed by atoms with van der Waals surface area (Å²) in [7, 11) is 4.10. The summed E-state index contributed by atoms with van der Waals surface area (Å²) in [5.41, 5.74) is 4.80. The van der Waals surface area contributed by atoms with Crippen LogP contribution in [-0.4, -0.2) is 14.1 Å². The Morgan fingerprint density at radius 1 is 1.11 bits per heavy atom. The van der Waals surface area contributed by atoms with Gasteiger partial charge in [0.15, 0.2) is 0 Å². The van der Waals surface area contributed by atoms with E-state index in [0.29, 0.717) is 0 Å². The van der Waals surface area contributed by atoms with Gasteiger partial charge >= 0.3 is 0 Å². The Hall–Kier alpha value is -1.67. The number of hydrogen-bond donors (Lipinski definition) is 1. The van der Waals surface area contributed by atoms with Gasteiger partial charge in [0.05, 0.1) is 11.4 Å². The fourth-order valence-corrected chi connectivity index (χ4v) is 2.29. The Kier molecular flexibility index (Phi) is 4.33. The molecule has 0 unspecified atom stereocenters. The Morgan fingerprint density at radius 2 is 1.84 bits per heavy atom. The minimum atomic E-state index is 0.787. The number of anilines is 2. The maximum Gasteiger partial charge on any atom is 0.0596 e. The van der Waals surface area contributed by atoms with Crippen molar-refractivity contribution in [3.05, 3.63) is 58.6 Å². The Bertz CT molecular complexity index is 564. The third-order valence-electron chi connectivity index (χ3n) is 3.16. The van der Waals surface area contributed by atoms with Crippen LogP contribution < -0.4 is 10.2 Å². The van der Waals surface area contributed by atoms with Gasteiger partial charge < -0.3 is 10.2 Å². The van der Waals surface area contributed by atoms with Crippen LogP contribution in [-0.2, 0) is 6.54 Å². The summed E-state index contributed by atoms with van der Waals surface area (Å²) in [6.07, 6.45) is 0. The zero-order valence-electron chi connectivity index (χ0n) is 11.6. The quantitative estimate of drug-likeness (QED) is 0.893. The van der Waals surface area contributed by atoms with Crippen molar-refractivity contribution in [1.82, 2.24) is 0 Å². The van der Waals surface area contributed by atoms with E-state index < -0.39 is 0 Å². The van der Waals surface area contributed by atoms with Crippen LogP contribution in [0.2, 0.25) is 5.02 Å².